The summed E-state index contributed by atoms with van der Waals surface area (Å²) < 4.78 is 0. The summed E-state index contributed by atoms with van der Waals surface area (Å²) >= 11 is 0. The molecule has 0 saturated carbocycles. The van der Waals surface area contributed by atoms with Gasteiger partial charge in [0.15, 0.2) is 0 Å². The first-order valence-corrected chi connectivity index (χ1v) is 6.35. The fourth-order valence-corrected chi connectivity index (χ4v) is 1.88. The maximum atomic E-state index is 11.9. The van der Waals surface area contributed by atoms with Crippen LogP contribution in [0.1, 0.15) is 27.9 Å². The molecule has 0 aromatic heterocycles. The fraction of sp³-hybridized carbons (Fsp3) is 0.176. The van der Waals surface area contributed by atoms with Gasteiger partial charge >= 0.3 is 0 Å². The van der Waals surface area contributed by atoms with E-state index in [0.717, 1.165) is 5.56 Å². The van der Waals surface area contributed by atoms with Gasteiger partial charge in [-0.25, -0.2) is 0 Å². The number of hydrogen-bond donors (Lipinski definition) is 0. The first kappa shape index (κ1) is 13.2. The monoisotopic (exact) mass is 252 g/mol. The molecule has 0 radical (unpaired) electrons. The first-order chi connectivity index (χ1) is 9.16. The minimum atomic E-state index is -0.396. The molecule has 0 atom stereocenters. The molecule has 2 rings (SSSR count). The quantitative estimate of drug-likeness (QED) is 0.604. The second-order valence-electron chi connectivity index (χ2n) is 4.60. The molecule has 0 aliphatic carbocycles. The lowest BCUT2D eigenvalue weighted by Gasteiger charge is -2.02. The Morgan fingerprint density at radius 2 is 1.53 bits per heavy atom. The number of rotatable bonds is 5. The van der Waals surface area contributed by atoms with Crippen LogP contribution < -0.4 is 0 Å². The highest BCUT2D eigenvalue weighted by molar-refractivity contribution is 6.43. The van der Waals surface area contributed by atoms with E-state index in [-0.39, 0.29) is 12.2 Å². The number of Topliss-reactive ketones (excluding diaryl/α,β-unsaturated/α-hetero) is 2. The van der Waals surface area contributed by atoms with E-state index in [9.17, 15) is 9.59 Å². The lowest BCUT2D eigenvalue weighted by Crippen LogP contribution is -2.14. The Kier molecular flexibility index (Phi) is 4.24. The van der Waals surface area contributed by atoms with Crippen molar-refractivity contribution in [3.8, 4) is 0 Å². The standard InChI is InChI=1S/C17H16O2/c1-13-7-9-14(10-8-13)11-12-16(18)17(19)15-5-3-2-4-6-15/h2-10H,11-12H2,1H3. The smallest absolute Gasteiger partial charge is 0.228 e. The molecule has 96 valence electrons. The van der Waals surface area contributed by atoms with Crippen LogP contribution in [0.4, 0.5) is 0 Å². The topological polar surface area (TPSA) is 34.1 Å². The van der Waals surface area contributed by atoms with Crippen LogP contribution >= 0.6 is 0 Å². The van der Waals surface area contributed by atoms with E-state index in [0.29, 0.717) is 12.0 Å². The van der Waals surface area contributed by atoms with Gasteiger partial charge in [0.25, 0.3) is 0 Å². The molecule has 0 fully saturated rings. The van der Waals surface area contributed by atoms with Gasteiger partial charge in [0.2, 0.25) is 11.6 Å². The van der Waals surface area contributed by atoms with E-state index in [1.54, 1.807) is 24.3 Å². The van der Waals surface area contributed by atoms with Crippen molar-refractivity contribution >= 4 is 11.6 Å². The fourth-order valence-electron chi connectivity index (χ4n) is 1.88. The zero-order chi connectivity index (χ0) is 13.7. The Balaban J connectivity index is 1.95. The Morgan fingerprint density at radius 3 is 2.16 bits per heavy atom. The van der Waals surface area contributed by atoms with Crippen molar-refractivity contribution in [2.24, 2.45) is 0 Å². The van der Waals surface area contributed by atoms with E-state index in [2.05, 4.69) is 0 Å². The number of carbonyl (C=O) groups excluding carboxylic acids is 2. The van der Waals surface area contributed by atoms with Crippen molar-refractivity contribution in [2.75, 3.05) is 0 Å². The zero-order valence-corrected chi connectivity index (χ0v) is 10.9. The minimum Gasteiger partial charge on any atom is -0.290 e. The average molecular weight is 252 g/mol. The second-order valence-corrected chi connectivity index (χ2v) is 4.60. The molecular formula is C17H16O2. The number of carbonyl (C=O) groups is 2. The summed E-state index contributed by atoms with van der Waals surface area (Å²) in [4.78, 5) is 23.7. The summed E-state index contributed by atoms with van der Waals surface area (Å²) in [7, 11) is 0. The third-order valence-corrected chi connectivity index (χ3v) is 3.05. The summed E-state index contributed by atoms with van der Waals surface area (Å²) in [6.45, 7) is 2.02. The normalized spacial score (nSPS) is 10.2. The molecule has 2 heteroatoms. The van der Waals surface area contributed by atoms with Gasteiger partial charge in [-0.05, 0) is 18.9 Å². The van der Waals surface area contributed by atoms with Crippen LogP contribution in [-0.2, 0) is 11.2 Å². The van der Waals surface area contributed by atoms with Gasteiger partial charge in [-0.1, -0.05) is 60.2 Å². The molecular weight excluding hydrogens is 236 g/mol. The number of ketones is 2. The Bertz CT molecular complexity index is 568. The molecule has 2 aromatic carbocycles. The van der Waals surface area contributed by atoms with Crippen LogP contribution in [0.15, 0.2) is 54.6 Å². The van der Waals surface area contributed by atoms with Crippen molar-refractivity contribution in [2.45, 2.75) is 19.8 Å². The Hall–Kier alpha value is -2.22. The molecule has 0 heterocycles. The van der Waals surface area contributed by atoms with Gasteiger partial charge in [-0.3, -0.25) is 9.59 Å². The number of aryl methyl sites for hydroxylation is 2. The van der Waals surface area contributed by atoms with E-state index < -0.39 is 5.78 Å². The molecule has 0 aliphatic rings. The van der Waals surface area contributed by atoms with Crippen LogP contribution in [0.2, 0.25) is 0 Å². The summed E-state index contributed by atoms with van der Waals surface area (Å²) in [6.07, 6.45) is 0.870. The van der Waals surface area contributed by atoms with Gasteiger partial charge in [-0.2, -0.15) is 0 Å². The number of hydrogen-bond acceptors (Lipinski definition) is 2. The summed E-state index contributed by atoms with van der Waals surface area (Å²) in [6, 6.07) is 16.7. The van der Waals surface area contributed by atoms with Crippen molar-refractivity contribution in [1.29, 1.82) is 0 Å². The molecule has 0 saturated heterocycles. The predicted molar refractivity (Wildman–Crippen MR) is 75.3 cm³/mol. The maximum absolute atomic E-state index is 11.9. The van der Waals surface area contributed by atoms with Gasteiger partial charge in [0, 0.05) is 12.0 Å². The van der Waals surface area contributed by atoms with Crippen LogP contribution in [0.3, 0.4) is 0 Å². The number of benzene rings is 2. The molecule has 0 spiro atoms. The molecule has 0 amide bonds. The molecule has 0 bridgehead atoms. The van der Waals surface area contributed by atoms with Gasteiger partial charge in [0.1, 0.15) is 0 Å². The van der Waals surface area contributed by atoms with Crippen molar-refractivity contribution < 1.29 is 9.59 Å². The highest BCUT2D eigenvalue weighted by Crippen LogP contribution is 2.08. The van der Waals surface area contributed by atoms with E-state index >= 15 is 0 Å². The Labute approximate surface area is 113 Å². The lowest BCUT2D eigenvalue weighted by molar-refractivity contribution is -0.115. The van der Waals surface area contributed by atoms with Gasteiger partial charge in [-0.15, -0.1) is 0 Å². The van der Waals surface area contributed by atoms with E-state index in [1.165, 1.54) is 5.56 Å². The van der Waals surface area contributed by atoms with Crippen molar-refractivity contribution in [3.63, 3.8) is 0 Å². The summed E-state index contributed by atoms with van der Waals surface area (Å²) in [5.41, 5.74) is 2.74. The molecule has 2 aromatic rings. The van der Waals surface area contributed by atoms with Crippen LogP contribution in [0.25, 0.3) is 0 Å². The molecule has 0 N–H and O–H groups in total. The SMILES string of the molecule is Cc1ccc(CCC(=O)C(=O)c2ccccc2)cc1. The molecule has 2 nitrogen and oxygen atoms in total. The van der Waals surface area contributed by atoms with E-state index in [4.69, 9.17) is 0 Å². The van der Waals surface area contributed by atoms with E-state index in [1.807, 2.05) is 37.3 Å². The minimum absolute atomic E-state index is 0.261. The zero-order valence-electron chi connectivity index (χ0n) is 10.9. The molecule has 0 unspecified atom stereocenters. The molecule has 0 aliphatic heterocycles. The van der Waals surface area contributed by atoms with Crippen molar-refractivity contribution in [3.05, 3.63) is 71.3 Å². The van der Waals surface area contributed by atoms with Crippen molar-refractivity contribution in [1.82, 2.24) is 0 Å². The maximum Gasteiger partial charge on any atom is 0.228 e. The lowest BCUT2D eigenvalue weighted by atomic mass is 10.0. The third-order valence-electron chi connectivity index (χ3n) is 3.05. The predicted octanol–water partition coefficient (Wildman–Crippen LogP) is 3.38. The largest absolute Gasteiger partial charge is 0.290 e. The summed E-state index contributed by atoms with van der Waals surface area (Å²) in [5.74, 6) is -0.723. The van der Waals surface area contributed by atoms with Crippen LogP contribution in [0.5, 0.6) is 0 Å². The van der Waals surface area contributed by atoms with Crippen LogP contribution in [0, 0.1) is 6.92 Å². The summed E-state index contributed by atoms with van der Waals surface area (Å²) in [5, 5.41) is 0. The highest BCUT2D eigenvalue weighted by atomic mass is 16.2. The van der Waals surface area contributed by atoms with Crippen LogP contribution in [-0.4, -0.2) is 11.6 Å². The third kappa shape index (κ3) is 3.62. The molecule has 19 heavy (non-hydrogen) atoms. The highest BCUT2D eigenvalue weighted by Gasteiger charge is 2.15. The second kappa shape index (κ2) is 6.10. The Morgan fingerprint density at radius 1 is 0.895 bits per heavy atom. The van der Waals surface area contributed by atoms with Gasteiger partial charge < -0.3 is 0 Å². The average Bonchev–Trinajstić information content (AvgIpc) is 2.46. The van der Waals surface area contributed by atoms with Gasteiger partial charge in [0.05, 0.1) is 0 Å². The first-order valence-electron chi connectivity index (χ1n) is 6.35.